The molecule has 13 heavy (non-hydrogen) atoms. The molecule has 0 bridgehead atoms. The fraction of sp³-hybridized carbons (Fsp3) is 0.222. The maximum atomic E-state index is 10.4. The molecule has 1 rings (SSSR count). The Morgan fingerprint density at radius 1 is 1.46 bits per heavy atom. The molecule has 0 saturated carbocycles. The van der Waals surface area contributed by atoms with E-state index in [-0.39, 0.29) is 6.61 Å². The summed E-state index contributed by atoms with van der Waals surface area (Å²) in [5.74, 6) is 0. The first-order valence-corrected chi connectivity index (χ1v) is 3.86. The molecule has 0 unspecified atom stereocenters. The summed E-state index contributed by atoms with van der Waals surface area (Å²) in [5.41, 5.74) is 5.56. The number of ether oxygens (including phenoxy) is 1. The van der Waals surface area contributed by atoms with E-state index in [2.05, 4.69) is 4.74 Å². The van der Waals surface area contributed by atoms with E-state index < -0.39 is 12.2 Å². The third kappa shape index (κ3) is 2.76. The molecule has 0 aromatic heterocycles. The number of carbonyl (C=O) groups excluding carboxylic acids is 1. The fourth-order valence-electron chi connectivity index (χ4n) is 1.02. The number of hydrogen-bond acceptors (Lipinski definition) is 3. The van der Waals surface area contributed by atoms with Gasteiger partial charge in [0, 0.05) is 0 Å². The minimum atomic E-state index is -0.886. The van der Waals surface area contributed by atoms with Crippen molar-refractivity contribution in [1.82, 2.24) is 0 Å². The third-order valence-electron chi connectivity index (χ3n) is 1.60. The van der Waals surface area contributed by atoms with Crippen molar-refractivity contribution in [2.45, 2.75) is 6.10 Å². The molecule has 4 heteroatoms. The fourth-order valence-corrected chi connectivity index (χ4v) is 1.02. The van der Waals surface area contributed by atoms with Crippen molar-refractivity contribution in [3.63, 3.8) is 0 Å². The van der Waals surface area contributed by atoms with Gasteiger partial charge in [0.05, 0.1) is 6.61 Å². The first-order chi connectivity index (χ1) is 6.24. The summed E-state index contributed by atoms with van der Waals surface area (Å²) >= 11 is 0. The van der Waals surface area contributed by atoms with Gasteiger partial charge in [-0.3, -0.25) is 0 Å². The van der Waals surface area contributed by atoms with E-state index in [4.69, 9.17) is 10.8 Å². The number of aliphatic hydroxyl groups excluding tert-OH is 1. The van der Waals surface area contributed by atoms with Crippen molar-refractivity contribution in [3.8, 4) is 0 Å². The lowest BCUT2D eigenvalue weighted by Gasteiger charge is -2.13. The number of hydrogen-bond donors (Lipinski definition) is 2. The highest BCUT2D eigenvalue weighted by atomic mass is 16.6. The molecule has 1 atom stereocenters. The smallest absolute Gasteiger partial charge is 0.405 e. The lowest BCUT2D eigenvalue weighted by Crippen LogP contribution is -2.19. The Morgan fingerprint density at radius 3 is 2.54 bits per heavy atom. The van der Waals surface area contributed by atoms with Gasteiger partial charge < -0.3 is 15.6 Å². The van der Waals surface area contributed by atoms with Gasteiger partial charge in [0.25, 0.3) is 0 Å². The van der Waals surface area contributed by atoms with Crippen LogP contribution in [0.5, 0.6) is 0 Å². The third-order valence-corrected chi connectivity index (χ3v) is 1.60. The highest BCUT2D eigenvalue weighted by Crippen LogP contribution is 2.15. The lowest BCUT2D eigenvalue weighted by atomic mass is 10.1. The van der Waals surface area contributed by atoms with Crippen molar-refractivity contribution in [1.29, 1.82) is 0 Å². The number of rotatable bonds is 3. The minimum Gasteiger partial charge on any atom is -0.439 e. The number of carbonyl (C=O) groups is 1. The van der Waals surface area contributed by atoms with E-state index in [0.29, 0.717) is 0 Å². The molecule has 0 aliphatic heterocycles. The summed E-state index contributed by atoms with van der Waals surface area (Å²) in [7, 11) is 0. The predicted octanol–water partition coefficient (Wildman–Crippen LogP) is 0.815. The van der Waals surface area contributed by atoms with E-state index in [9.17, 15) is 4.79 Å². The summed E-state index contributed by atoms with van der Waals surface area (Å²) < 4.78 is 4.67. The second-order valence-corrected chi connectivity index (χ2v) is 2.52. The van der Waals surface area contributed by atoms with Gasteiger partial charge in [0.1, 0.15) is 0 Å². The molecule has 0 aliphatic rings. The zero-order valence-electron chi connectivity index (χ0n) is 7.01. The van der Waals surface area contributed by atoms with Crippen molar-refractivity contribution < 1.29 is 14.6 Å². The number of amides is 1. The van der Waals surface area contributed by atoms with E-state index in [1.54, 1.807) is 24.3 Å². The number of nitrogens with two attached hydrogens (primary N) is 1. The Morgan fingerprint density at radius 2 is 2.08 bits per heavy atom. The largest absolute Gasteiger partial charge is 0.439 e. The minimum absolute atomic E-state index is 0.271. The molecule has 0 aliphatic carbocycles. The van der Waals surface area contributed by atoms with Gasteiger partial charge in [-0.2, -0.15) is 0 Å². The Kier molecular flexibility index (Phi) is 3.28. The van der Waals surface area contributed by atoms with E-state index >= 15 is 0 Å². The highest BCUT2D eigenvalue weighted by Gasteiger charge is 2.12. The van der Waals surface area contributed by atoms with Gasteiger partial charge in [-0.25, -0.2) is 4.79 Å². The first kappa shape index (κ1) is 9.54. The van der Waals surface area contributed by atoms with Crippen molar-refractivity contribution >= 4 is 6.09 Å². The summed E-state index contributed by atoms with van der Waals surface area (Å²) in [6.07, 6.45) is -1.55. The van der Waals surface area contributed by atoms with Crippen LogP contribution in [0.4, 0.5) is 4.79 Å². The van der Waals surface area contributed by atoms with Crippen LogP contribution >= 0.6 is 0 Å². The molecule has 70 valence electrons. The van der Waals surface area contributed by atoms with Crippen LogP contribution in [0.2, 0.25) is 0 Å². The zero-order valence-corrected chi connectivity index (χ0v) is 7.01. The van der Waals surface area contributed by atoms with Gasteiger partial charge in [-0.15, -0.1) is 0 Å². The maximum Gasteiger partial charge on any atom is 0.405 e. The van der Waals surface area contributed by atoms with Crippen LogP contribution in [0, 0.1) is 0 Å². The molecule has 0 spiro atoms. The van der Waals surface area contributed by atoms with E-state index in [1.807, 2.05) is 6.07 Å². The monoisotopic (exact) mass is 181 g/mol. The molecule has 4 nitrogen and oxygen atoms in total. The molecule has 3 N–H and O–H groups in total. The van der Waals surface area contributed by atoms with Crippen LogP contribution in [0.15, 0.2) is 30.3 Å². The average Bonchev–Trinajstić information content (AvgIpc) is 2.15. The maximum absolute atomic E-state index is 10.4. The SMILES string of the molecule is NC(=O)O[C@H](CO)c1ccccc1. The Labute approximate surface area is 75.9 Å². The standard InChI is InChI=1S/C9H11NO3/c10-9(12)13-8(6-11)7-4-2-1-3-5-7/h1-5,8,11H,6H2,(H2,10,12)/t8-/m1/s1. The Hall–Kier alpha value is -1.55. The van der Waals surface area contributed by atoms with Crippen LogP contribution in [-0.2, 0) is 4.74 Å². The second kappa shape index (κ2) is 4.47. The Balaban J connectivity index is 2.73. The molecular weight excluding hydrogens is 170 g/mol. The molecule has 0 radical (unpaired) electrons. The van der Waals surface area contributed by atoms with Gasteiger partial charge in [-0.05, 0) is 5.56 Å². The normalized spacial score (nSPS) is 12.1. The number of benzene rings is 1. The van der Waals surface area contributed by atoms with Crippen molar-refractivity contribution in [2.75, 3.05) is 6.61 Å². The predicted molar refractivity (Wildman–Crippen MR) is 46.9 cm³/mol. The van der Waals surface area contributed by atoms with Crippen LogP contribution in [0.1, 0.15) is 11.7 Å². The molecular formula is C9H11NO3. The van der Waals surface area contributed by atoms with Crippen LogP contribution in [0.25, 0.3) is 0 Å². The van der Waals surface area contributed by atoms with Gasteiger partial charge in [0.2, 0.25) is 0 Å². The van der Waals surface area contributed by atoms with Crippen LogP contribution in [0.3, 0.4) is 0 Å². The highest BCUT2D eigenvalue weighted by molar-refractivity contribution is 5.65. The number of primary amides is 1. The topological polar surface area (TPSA) is 72.6 Å². The molecule has 1 amide bonds. The van der Waals surface area contributed by atoms with Gasteiger partial charge in [0.15, 0.2) is 6.10 Å². The summed E-state index contributed by atoms with van der Waals surface area (Å²) in [5, 5.41) is 8.90. The molecule has 1 aromatic rings. The molecule has 0 saturated heterocycles. The molecule has 0 fully saturated rings. The van der Waals surface area contributed by atoms with Crippen molar-refractivity contribution in [2.24, 2.45) is 5.73 Å². The zero-order chi connectivity index (χ0) is 9.68. The summed E-state index contributed by atoms with van der Waals surface area (Å²) in [6, 6.07) is 8.93. The molecule has 0 heterocycles. The average molecular weight is 181 g/mol. The molecule has 1 aromatic carbocycles. The van der Waals surface area contributed by atoms with E-state index in [1.165, 1.54) is 0 Å². The van der Waals surface area contributed by atoms with Crippen molar-refractivity contribution in [3.05, 3.63) is 35.9 Å². The number of aliphatic hydroxyl groups is 1. The quantitative estimate of drug-likeness (QED) is 0.724. The van der Waals surface area contributed by atoms with Crippen LogP contribution in [-0.4, -0.2) is 17.8 Å². The summed E-state index contributed by atoms with van der Waals surface area (Å²) in [6.45, 7) is -0.271. The summed E-state index contributed by atoms with van der Waals surface area (Å²) in [4.78, 5) is 10.4. The van der Waals surface area contributed by atoms with Gasteiger partial charge in [-0.1, -0.05) is 30.3 Å². The van der Waals surface area contributed by atoms with Crippen LogP contribution < -0.4 is 5.73 Å². The second-order valence-electron chi connectivity index (χ2n) is 2.52. The lowest BCUT2D eigenvalue weighted by molar-refractivity contribution is 0.0633. The first-order valence-electron chi connectivity index (χ1n) is 3.86. The Bertz CT molecular complexity index is 273. The van der Waals surface area contributed by atoms with E-state index in [0.717, 1.165) is 5.56 Å². The van der Waals surface area contributed by atoms with Gasteiger partial charge >= 0.3 is 6.09 Å².